The van der Waals surface area contributed by atoms with Crippen LogP contribution < -0.4 is 18.9 Å². The Kier molecular flexibility index (Phi) is 22.9. The Hall–Kier alpha value is -3.79. The summed E-state index contributed by atoms with van der Waals surface area (Å²) >= 11 is 0. The molecule has 12 heteroatoms. The van der Waals surface area contributed by atoms with Gasteiger partial charge in [-0.25, -0.2) is 9.59 Å². The van der Waals surface area contributed by atoms with E-state index < -0.39 is 51.0 Å². The van der Waals surface area contributed by atoms with Gasteiger partial charge < -0.3 is 27.2 Å². The zero-order chi connectivity index (χ0) is 46.3. The molecule has 0 amide bonds. The molecule has 0 spiro atoms. The maximum absolute atomic E-state index is 13.0. The fourth-order valence-corrected chi connectivity index (χ4v) is 26.5. The van der Waals surface area contributed by atoms with Gasteiger partial charge in [0.05, 0.1) is 0 Å². The highest BCUT2D eigenvalue weighted by molar-refractivity contribution is 6.85. The second-order valence-corrected chi connectivity index (χ2v) is 37.7. The largest absolute Gasteiger partial charge is 0.519 e. The van der Waals surface area contributed by atoms with Gasteiger partial charge in [0.25, 0.3) is 0 Å². The molecule has 0 saturated carbocycles. The van der Waals surface area contributed by atoms with Crippen molar-refractivity contribution in [1.82, 2.24) is 0 Å². The van der Waals surface area contributed by atoms with Crippen LogP contribution in [0.15, 0.2) is 97.1 Å². The van der Waals surface area contributed by atoms with E-state index in [1.807, 2.05) is 72.8 Å². The molecule has 0 atom stereocenters. The molecule has 4 aromatic rings. The maximum Gasteiger partial charge on any atom is 0.519 e. The molecule has 0 fully saturated rings. The van der Waals surface area contributed by atoms with Gasteiger partial charge in [0, 0.05) is 5.41 Å². The van der Waals surface area contributed by atoms with Gasteiger partial charge in [-0.1, -0.05) is 129 Å². The van der Waals surface area contributed by atoms with Crippen molar-refractivity contribution in [1.29, 1.82) is 0 Å². The monoisotopic (exact) mass is 961 g/mol. The van der Waals surface area contributed by atoms with Crippen LogP contribution in [-0.4, -0.2) is 45.6 Å². The fourth-order valence-electron chi connectivity index (χ4n) is 8.39. The van der Waals surface area contributed by atoms with Crippen molar-refractivity contribution >= 4 is 45.6 Å². The molecular weight excluding hydrogens is 877 g/mol. The van der Waals surface area contributed by atoms with Crippen LogP contribution in [0.25, 0.3) is 0 Å². The Morgan fingerprint density at radius 1 is 0.446 bits per heavy atom. The normalized spacial score (nSPS) is 12.1. The minimum absolute atomic E-state index is 0. The quantitative estimate of drug-likeness (QED) is 0.0390. The lowest BCUT2D eigenvalue weighted by atomic mass is 9.78. The number of benzene rings is 4. The van der Waals surface area contributed by atoms with Crippen molar-refractivity contribution in [3.63, 3.8) is 0 Å². The van der Waals surface area contributed by atoms with Gasteiger partial charge in [-0.3, -0.25) is 0 Å². The van der Waals surface area contributed by atoms with E-state index in [9.17, 15) is 9.59 Å². The number of ether oxygens (including phenoxy) is 4. The Morgan fingerprint density at radius 2 is 0.754 bits per heavy atom. The third-order valence-electron chi connectivity index (χ3n) is 11.7. The summed E-state index contributed by atoms with van der Waals surface area (Å²) in [7, 11) is -6.96. The molecular formula is C53H84O8Si4. The van der Waals surface area contributed by atoms with Crippen LogP contribution in [0.2, 0.25) is 76.6 Å². The Balaban J connectivity index is 0.00000726. The number of hydrogen-bond acceptors (Lipinski definition) is 8. The summed E-state index contributed by atoms with van der Waals surface area (Å²) in [5.41, 5.74) is 3.60. The van der Waals surface area contributed by atoms with E-state index in [1.165, 1.54) is 37.8 Å². The first-order valence-corrected chi connectivity index (χ1v) is 35.7. The maximum atomic E-state index is 13.0. The van der Waals surface area contributed by atoms with Gasteiger partial charge in [-0.05, 0) is 161 Å². The van der Waals surface area contributed by atoms with E-state index in [0.717, 1.165) is 60.0 Å². The number of carbonyl (C=O) groups excluding carboxylic acids is 2. The molecule has 0 N–H and O–H groups in total. The van der Waals surface area contributed by atoms with Crippen molar-refractivity contribution in [2.75, 3.05) is 0 Å². The van der Waals surface area contributed by atoms with Crippen LogP contribution in [0, 0.1) is 0 Å². The van der Waals surface area contributed by atoms with Gasteiger partial charge in [-0.15, -0.1) is 0 Å². The molecule has 8 nitrogen and oxygen atoms in total. The lowest BCUT2D eigenvalue weighted by Crippen LogP contribution is -2.44. The summed E-state index contributed by atoms with van der Waals surface area (Å²) in [5, 5.41) is 0. The Morgan fingerprint density at radius 3 is 1.08 bits per heavy atom. The average molecular weight is 962 g/mol. The highest BCUT2D eigenvalue weighted by Gasteiger charge is 2.33. The second-order valence-electron chi connectivity index (χ2n) is 20.0. The average Bonchev–Trinajstić information content (AvgIpc) is 3.20. The Bertz CT molecular complexity index is 1900. The fraction of sp³-hybridized carbons (Fsp3) is 0.509. The molecule has 4 rings (SSSR count). The van der Waals surface area contributed by atoms with Gasteiger partial charge >= 0.3 is 12.3 Å². The second kappa shape index (κ2) is 25.9. The summed E-state index contributed by atoms with van der Waals surface area (Å²) < 4.78 is 36.3. The van der Waals surface area contributed by atoms with Crippen LogP contribution in [0.5, 0.6) is 23.0 Å². The molecule has 4 aromatic carbocycles. The lowest BCUT2D eigenvalue weighted by molar-refractivity contribution is 0.150. The molecule has 65 heavy (non-hydrogen) atoms. The van der Waals surface area contributed by atoms with Crippen LogP contribution in [0.1, 0.15) is 103 Å². The van der Waals surface area contributed by atoms with E-state index in [-0.39, 0.29) is 14.9 Å². The topological polar surface area (TPSA) is 89.5 Å². The number of hydrogen-bond donors (Lipinski definition) is 0. The van der Waals surface area contributed by atoms with E-state index in [1.54, 1.807) is 24.3 Å². The molecule has 0 bridgehead atoms. The molecule has 0 aliphatic carbocycles. The standard InChI is InChI=1S/C51H76O8Si4.2CH4/c1-13-15-37-60(5,6)58-62(9,10)39-21-25-41-23-17-19-27-47(41)56-49(52)54-45-33-29-43(30-34-45)51(3,4)44-31-35-46(36-32-44)55-50(53)57-48-28-20-18-24-42(48)26-22-40-63(11,12)59-61(7,8)38-16-14-2;;/h17-20,23-24,27-36H,13-16,21-22,25-26,37-40H2,1-12H3;2*1H4. The number of rotatable bonds is 24. The van der Waals surface area contributed by atoms with E-state index in [2.05, 4.69) is 80.1 Å². The molecule has 0 radical (unpaired) electrons. The van der Waals surface area contributed by atoms with Crippen LogP contribution in [0.4, 0.5) is 9.59 Å². The zero-order valence-corrected chi connectivity index (χ0v) is 44.5. The zero-order valence-electron chi connectivity index (χ0n) is 40.5. The molecule has 0 aliphatic rings. The minimum Gasteiger partial charge on any atom is -0.455 e. The molecule has 360 valence electrons. The minimum atomic E-state index is -1.81. The van der Waals surface area contributed by atoms with Crippen molar-refractivity contribution < 1.29 is 36.8 Å². The predicted octanol–water partition coefficient (Wildman–Crippen LogP) is 16.8. The SMILES string of the molecule is C.C.CCCC[Si](C)(C)O[Si](C)(C)CCCc1ccccc1OC(=O)Oc1ccc(C(C)(C)c2ccc(OC(=O)Oc3ccccc3CCC[Si](C)(C)O[Si](C)(C)CCCC)cc2)cc1. The van der Waals surface area contributed by atoms with Crippen molar-refractivity contribution in [2.24, 2.45) is 0 Å². The van der Waals surface area contributed by atoms with Crippen LogP contribution in [0.3, 0.4) is 0 Å². The summed E-state index contributed by atoms with van der Waals surface area (Å²) in [6.07, 6.45) is 6.85. The molecule has 0 aromatic heterocycles. The summed E-state index contributed by atoms with van der Waals surface area (Å²) in [6, 6.07) is 34.8. The van der Waals surface area contributed by atoms with Crippen molar-refractivity contribution in [3.8, 4) is 23.0 Å². The highest BCUT2D eigenvalue weighted by Crippen LogP contribution is 2.34. The lowest BCUT2D eigenvalue weighted by Gasteiger charge is -2.34. The van der Waals surface area contributed by atoms with E-state index in [4.69, 9.17) is 27.2 Å². The number of carbonyl (C=O) groups is 2. The van der Waals surface area contributed by atoms with Gasteiger partial charge in [-0.2, -0.15) is 0 Å². The highest BCUT2D eigenvalue weighted by atomic mass is 28.4. The van der Waals surface area contributed by atoms with Gasteiger partial charge in [0.15, 0.2) is 33.3 Å². The van der Waals surface area contributed by atoms with E-state index in [0.29, 0.717) is 23.0 Å². The number of unbranched alkanes of at least 4 members (excludes halogenated alkanes) is 2. The van der Waals surface area contributed by atoms with Crippen molar-refractivity contribution in [3.05, 3.63) is 119 Å². The first-order valence-electron chi connectivity index (χ1n) is 23.2. The molecule has 0 unspecified atom stereocenters. The van der Waals surface area contributed by atoms with E-state index >= 15 is 0 Å². The first-order chi connectivity index (χ1) is 29.6. The third kappa shape index (κ3) is 19.5. The summed E-state index contributed by atoms with van der Waals surface area (Å²) in [5.74, 6) is 1.82. The smallest absolute Gasteiger partial charge is 0.455 e. The summed E-state index contributed by atoms with van der Waals surface area (Å²) in [6.45, 7) is 27.4. The predicted molar refractivity (Wildman–Crippen MR) is 282 cm³/mol. The number of aryl methyl sites for hydroxylation is 2. The number of para-hydroxylation sites is 2. The van der Waals surface area contributed by atoms with Gasteiger partial charge in [0.1, 0.15) is 23.0 Å². The van der Waals surface area contributed by atoms with Crippen LogP contribution in [-0.2, 0) is 26.5 Å². The van der Waals surface area contributed by atoms with Crippen molar-refractivity contribution in [2.45, 2.75) is 176 Å². The molecule has 0 heterocycles. The molecule has 0 aliphatic heterocycles. The molecule has 0 saturated heterocycles. The van der Waals surface area contributed by atoms with Gasteiger partial charge in [0.2, 0.25) is 0 Å². The third-order valence-corrected chi connectivity index (χ3v) is 26.8. The van der Waals surface area contributed by atoms with Crippen LogP contribution >= 0.6 is 0 Å². The Labute approximate surface area is 398 Å². The summed E-state index contributed by atoms with van der Waals surface area (Å²) in [4.78, 5) is 26.0. The first kappa shape index (κ1) is 57.3.